The molecule has 1 aliphatic heterocycles. The fourth-order valence-electron chi connectivity index (χ4n) is 3.89. The van der Waals surface area contributed by atoms with E-state index in [1.54, 1.807) is 18.7 Å². The zero-order valence-electron chi connectivity index (χ0n) is 16.9. The summed E-state index contributed by atoms with van der Waals surface area (Å²) in [5.41, 5.74) is 4.08. The third-order valence-corrected chi connectivity index (χ3v) is 5.35. The Balaban J connectivity index is 1.46. The van der Waals surface area contributed by atoms with Crippen molar-refractivity contribution in [2.45, 2.75) is 40.0 Å². The number of nitrogens with zero attached hydrogens (tertiary/aromatic N) is 6. The summed E-state index contributed by atoms with van der Waals surface area (Å²) in [6.07, 6.45) is 7.64. The monoisotopic (exact) mass is 392 g/mol. The molecule has 3 aromatic rings. The molecule has 1 amide bonds. The van der Waals surface area contributed by atoms with Gasteiger partial charge in [0.1, 0.15) is 17.9 Å². The molecule has 0 spiro atoms. The van der Waals surface area contributed by atoms with Gasteiger partial charge in [-0.1, -0.05) is 5.16 Å². The quantitative estimate of drug-likeness (QED) is 0.673. The Labute approximate surface area is 169 Å². The molecule has 1 saturated heterocycles. The van der Waals surface area contributed by atoms with Crippen LogP contribution in [0.3, 0.4) is 0 Å². The number of aromatic nitrogens is 5. The zero-order valence-corrected chi connectivity index (χ0v) is 16.9. The van der Waals surface area contributed by atoms with E-state index in [9.17, 15) is 4.79 Å². The fraction of sp³-hybridized carbons (Fsp3) is 0.429. The van der Waals surface area contributed by atoms with E-state index in [0.29, 0.717) is 23.9 Å². The Morgan fingerprint density at radius 1 is 1.17 bits per heavy atom. The molecule has 0 aliphatic carbocycles. The highest BCUT2D eigenvalue weighted by atomic mass is 16.5. The van der Waals surface area contributed by atoms with Crippen molar-refractivity contribution < 1.29 is 9.32 Å². The molecule has 29 heavy (non-hydrogen) atoms. The molecule has 1 atom stereocenters. The van der Waals surface area contributed by atoms with E-state index in [0.717, 1.165) is 54.2 Å². The van der Waals surface area contributed by atoms with E-state index in [1.807, 2.05) is 31.7 Å². The molecule has 8 heteroatoms. The Morgan fingerprint density at radius 3 is 2.69 bits per heavy atom. The van der Waals surface area contributed by atoms with Crippen LogP contribution in [-0.4, -0.2) is 49.0 Å². The number of rotatable bonds is 4. The highest BCUT2D eigenvalue weighted by Gasteiger charge is 2.25. The van der Waals surface area contributed by atoms with Gasteiger partial charge in [-0.15, -0.1) is 0 Å². The summed E-state index contributed by atoms with van der Waals surface area (Å²) < 4.78 is 5.26. The predicted molar refractivity (Wildman–Crippen MR) is 106 cm³/mol. The van der Waals surface area contributed by atoms with E-state index in [2.05, 4.69) is 25.1 Å². The van der Waals surface area contributed by atoms with Gasteiger partial charge in [-0.05, 0) is 52.0 Å². The SMILES string of the molecule is Cc1ncc(C(=O)N2CCC[C@@H](Cc3cc(-c4c(C)noc4C)ncn3)C2)cn1. The van der Waals surface area contributed by atoms with E-state index in [1.165, 1.54) is 0 Å². The van der Waals surface area contributed by atoms with Crippen LogP contribution in [0.15, 0.2) is 29.3 Å². The average molecular weight is 392 g/mol. The Hall–Kier alpha value is -3.16. The van der Waals surface area contributed by atoms with E-state index in [-0.39, 0.29) is 5.91 Å². The van der Waals surface area contributed by atoms with Gasteiger partial charge in [-0.2, -0.15) is 0 Å². The molecule has 1 aliphatic rings. The summed E-state index contributed by atoms with van der Waals surface area (Å²) in [6, 6.07) is 2.00. The number of aryl methyl sites for hydroxylation is 3. The second kappa shape index (κ2) is 8.06. The van der Waals surface area contributed by atoms with Gasteiger partial charge < -0.3 is 9.42 Å². The topological polar surface area (TPSA) is 97.9 Å². The molecule has 3 aromatic heterocycles. The third kappa shape index (κ3) is 4.16. The molecule has 150 valence electrons. The van der Waals surface area contributed by atoms with Gasteiger partial charge in [0.25, 0.3) is 5.91 Å². The normalized spacial score (nSPS) is 16.8. The number of hydrogen-bond acceptors (Lipinski definition) is 7. The molecule has 1 fully saturated rings. The third-order valence-electron chi connectivity index (χ3n) is 5.35. The van der Waals surface area contributed by atoms with Crippen LogP contribution >= 0.6 is 0 Å². The minimum atomic E-state index is -0.00574. The smallest absolute Gasteiger partial charge is 0.256 e. The zero-order chi connectivity index (χ0) is 20.4. The molecular weight excluding hydrogens is 368 g/mol. The van der Waals surface area contributed by atoms with Crippen molar-refractivity contribution in [3.8, 4) is 11.3 Å². The first-order valence-corrected chi connectivity index (χ1v) is 9.83. The molecular formula is C21H24N6O2. The van der Waals surface area contributed by atoms with E-state index < -0.39 is 0 Å². The molecule has 0 N–H and O–H groups in total. The molecule has 4 rings (SSSR count). The highest BCUT2D eigenvalue weighted by molar-refractivity contribution is 5.93. The van der Waals surface area contributed by atoms with Gasteiger partial charge >= 0.3 is 0 Å². The van der Waals surface area contributed by atoms with Crippen molar-refractivity contribution in [3.63, 3.8) is 0 Å². The van der Waals surface area contributed by atoms with Gasteiger partial charge in [0.05, 0.1) is 22.5 Å². The highest BCUT2D eigenvalue weighted by Crippen LogP contribution is 2.27. The lowest BCUT2D eigenvalue weighted by Gasteiger charge is -2.32. The Kier molecular flexibility index (Phi) is 5.33. The van der Waals surface area contributed by atoms with Crippen molar-refractivity contribution in [3.05, 3.63) is 53.3 Å². The Morgan fingerprint density at radius 2 is 1.97 bits per heavy atom. The van der Waals surface area contributed by atoms with Crippen LogP contribution in [0.2, 0.25) is 0 Å². The molecule has 0 aromatic carbocycles. The van der Waals surface area contributed by atoms with Crippen molar-refractivity contribution in [1.82, 2.24) is 30.0 Å². The molecule has 4 heterocycles. The largest absolute Gasteiger partial charge is 0.361 e. The lowest BCUT2D eigenvalue weighted by molar-refractivity contribution is 0.0672. The molecule has 8 nitrogen and oxygen atoms in total. The molecule has 0 bridgehead atoms. The number of carbonyl (C=O) groups is 1. The first kappa shape index (κ1) is 19.2. The van der Waals surface area contributed by atoms with Gasteiger partial charge in [0.2, 0.25) is 0 Å². The van der Waals surface area contributed by atoms with E-state index in [4.69, 9.17) is 4.52 Å². The fourth-order valence-corrected chi connectivity index (χ4v) is 3.89. The summed E-state index contributed by atoms with van der Waals surface area (Å²) >= 11 is 0. The lowest BCUT2D eigenvalue weighted by Crippen LogP contribution is -2.40. The van der Waals surface area contributed by atoms with Crippen LogP contribution in [0, 0.1) is 26.7 Å². The maximum atomic E-state index is 12.8. The van der Waals surface area contributed by atoms with Crippen molar-refractivity contribution in [2.75, 3.05) is 13.1 Å². The van der Waals surface area contributed by atoms with Gasteiger partial charge in [-0.25, -0.2) is 19.9 Å². The second-order valence-electron chi connectivity index (χ2n) is 7.58. The maximum absolute atomic E-state index is 12.8. The first-order valence-electron chi connectivity index (χ1n) is 9.83. The number of likely N-dealkylation sites (tertiary alicyclic amines) is 1. The molecule has 0 radical (unpaired) electrons. The van der Waals surface area contributed by atoms with Crippen LogP contribution in [0.1, 0.15) is 46.2 Å². The van der Waals surface area contributed by atoms with Gasteiger partial charge in [0, 0.05) is 31.2 Å². The second-order valence-corrected chi connectivity index (χ2v) is 7.58. The minimum absolute atomic E-state index is 0.00574. The van der Waals surface area contributed by atoms with Crippen LogP contribution in [-0.2, 0) is 6.42 Å². The minimum Gasteiger partial charge on any atom is -0.361 e. The van der Waals surface area contributed by atoms with Crippen LogP contribution in [0.25, 0.3) is 11.3 Å². The predicted octanol–water partition coefficient (Wildman–Crippen LogP) is 2.94. The van der Waals surface area contributed by atoms with Gasteiger partial charge in [-0.3, -0.25) is 4.79 Å². The number of hydrogen-bond donors (Lipinski definition) is 0. The molecule has 0 saturated carbocycles. The van der Waals surface area contributed by atoms with Crippen LogP contribution < -0.4 is 0 Å². The van der Waals surface area contributed by atoms with Crippen molar-refractivity contribution in [1.29, 1.82) is 0 Å². The maximum Gasteiger partial charge on any atom is 0.256 e. The van der Waals surface area contributed by atoms with Crippen molar-refractivity contribution >= 4 is 5.91 Å². The van der Waals surface area contributed by atoms with Crippen molar-refractivity contribution in [2.24, 2.45) is 5.92 Å². The Bertz CT molecular complexity index is 995. The summed E-state index contributed by atoms with van der Waals surface area (Å²) in [7, 11) is 0. The lowest BCUT2D eigenvalue weighted by atomic mass is 9.92. The van der Waals surface area contributed by atoms with Crippen LogP contribution in [0.5, 0.6) is 0 Å². The molecule has 0 unspecified atom stereocenters. The number of amides is 1. The van der Waals surface area contributed by atoms with Gasteiger partial charge in [0.15, 0.2) is 0 Å². The standard InChI is InChI=1S/C21H24N6O2/c1-13-20(14(2)29-26-13)19-8-18(24-12-25-19)7-16-5-4-6-27(11-16)21(28)17-9-22-15(3)23-10-17/h8-10,12,16H,4-7,11H2,1-3H3/t16-/m0/s1. The first-order chi connectivity index (χ1) is 14.0. The van der Waals surface area contributed by atoms with E-state index >= 15 is 0 Å². The number of carbonyl (C=O) groups excluding carboxylic acids is 1. The number of piperidine rings is 1. The summed E-state index contributed by atoms with van der Waals surface area (Å²) in [5.74, 6) is 1.76. The average Bonchev–Trinajstić information content (AvgIpc) is 3.06. The summed E-state index contributed by atoms with van der Waals surface area (Å²) in [5, 5.41) is 4.01. The summed E-state index contributed by atoms with van der Waals surface area (Å²) in [6.45, 7) is 7.07. The van der Waals surface area contributed by atoms with Crippen LogP contribution in [0.4, 0.5) is 0 Å². The summed E-state index contributed by atoms with van der Waals surface area (Å²) in [4.78, 5) is 31.8.